The van der Waals surface area contributed by atoms with Crippen LogP contribution in [0.2, 0.25) is 0 Å². The third-order valence-corrected chi connectivity index (χ3v) is 2.56. The number of hydrogen-bond acceptors (Lipinski definition) is 2. The Balaban J connectivity index is 2.48. The molecule has 2 heteroatoms. The molecule has 0 N–H and O–H groups in total. The van der Waals surface area contributed by atoms with Gasteiger partial charge < -0.3 is 9.64 Å². The van der Waals surface area contributed by atoms with E-state index >= 15 is 0 Å². The number of allylic oxidation sites excluding steroid dienone is 1. The number of benzene rings is 1. The zero-order valence-corrected chi connectivity index (χ0v) is 9.37. The van der Waals surface area contributed by atoms with Gasteiger partial charge in [0.15, 0.2) is 0 Å². The third kappa shape index (κ3) is 1.75. The standard InChI is InChI=1S/C13H15NO/c1-9-7-11-5-6-12(14(3)4)8-13(11)15-10(9)2/h5-8H,2H2,1,3-4H3. The fourth-order valence-corrected chi connectivity index (χ4v) is 1.54. The number of anilines is 1. The molecule has 0 amide bonds. The first-order valence-electron chi connectivity index (χ1n) is 4.95. The summed E-state index contributed by atoms with van der Waals surface area (Å²) in [5, 5.41) is 0. The molecule has 0 aromatic heterocycles. The van der Waals surface area contributed by atoms with Crippen LogP contribution in [-0.2, 0) is 0 Å². The van der Waals surface area contributed by atoms with Gasteiger partial charge >= 0.3 is 0 Å². The average Bonchev–Trinajstić information content (AvgIpc) is 2.19. The third-order valence-electron chi connectivity index (χ3n) is 2.56. The molecule has 0 saturated carbocycles. The number of fused-ring (bicyclic) bond motifs is 1. The molecular weight excluding hydrogens is 186 g/mol. The van der Waals surface area contributed by atoms with Crippen molar-refractivity contribution >= 4 is 11.8 Å². The highest BCUT2D eigenvalue weighted by Crippen LogP contribution is 2.33. The van der Waals surface area contributed by atoms with Crippen molar-refractivity contribution < 1.29 is 4.74 Å². The maximum absolute atomic E-state index is 5.65. The number of hydrogen-bond donors (Lipinski definition) is 0. The lowest BCUT2D eigenvalue weighted by molar-refractivity contribution is 0.434. The Morgan fingerprint density at radius 3 is 2.67 bits per heavy atom. The molecule has 2 nitrogen and oxygen atoms in total. The number of ether oxygens (including phenoxy) is 1. The minimum absolute atomic E-state index is 0.735. The molecule has 78 valence electrons. The Morgan fingerprint density at radius 1 is 1.27 bits per heavy atom. The second kappa shape index (κ2) is 3.46. The molecule has 1 aromatic carbocycles. The Labute approximate surface area is 90.5 Å². The minimum Gasteiger partial charge on any atom is -0.457 e. The first kappa shape index (κ1) is 9.84. The summed E-state index contributed by atoms with van der Waals surface area (Å²) in [6, 6.07) is 6.18. The summed E-state index contributed by atoms with van der Waals surface area (Å²) in [5.41, 5.74) is 3.33. The van der Waals surface area contributed by atoms with Crippen molar-refractivity contribution in [1.82, 2.24) is 0 Å². The SMILES string of the molecule is C=C1Oc2cc(N(C)C)ccc2C=C1C. The lowest BCUT2D eigenvalue weighted by Crippen LogP contribution is -2.10. The van der Waals surface area contributed by atoms with Gasteiger partial charge in [0.05, 0.1) is 0 Å². The van der Waals surface area contributed by atoms with Crippen LogP contribution in [0.5, 0.6) is 5.75 Å². The maximum Gasteiger partial charge on any atom is 0.136 e. The maximum atomic E-state index is 5.65. The van der Waals surface area contributed by atoms with Gasteiger partial charge in [0.25, 0.3) is 0 Å². The molecule has 0 unspecified atom stereocenters. The van der Waals surface area contributed by atoms with E-state index in [4.69, 9.17) is 4.74 Å². The van der Waals surface area contributed by atoms with Crippen LogP contribution in [-0.4, -0.2) is 14.1 Å². The lowest BCUT2D eigenvalue weighted by Gasteiger charge is -2.20. The van der Waals surface area contributed by atoms with Gasteiger partial charge in [-0.15, -0.1) is 0 Å². The largest absolute Gasteiger partial charge is 0.457 e. The van der Waals surface area contributed by atoms with Crippen molar-refractivity contribution in [3.05, 3.63) is 41.7 Å². The Hall–Kier alpha value is -1.70. The van der Waals surface area contributed by atoms with Gasteiger partial charge in [-0.3, -0.25) is 0 Å². The fraction of sp³-hybridized carbons (Fsp3) is 0.231. The van der Waals surface area contributed by atoms with Crippen molar-refractivity contribution in [2.45, 2.75) is 6.92 Å². The predicted octanol–water partition coefficient (Wildman–Crippen LogP) is 3.06. The molecule has 0 bridgehead atoms. The van der Waals surface area contributed by atoms with E-state index in [1.54, 1.807) is 0 Å². The van der Waals surface area contributed by atoms with Gasteiger partial charge in [-0.1, -0.05) is 6.58 Å². The molecule has 0 fully saturated rings. The minimum atomic E-state index is 0.735. The number of rotatable bonds is 1. The first-order valence-corrected chi connectivity index (χ1v) is 4.95. The van der Waals surface area contributed by atoms with E-state index in [9.17, 15) is 0 Å². The van der Waals surface area contributed by atoms with E-state index in [1.807, 2.05) is 27.1 Å². The fourth-order valence-electron chi connectivity index (χ4n) is 1.54. The summed E-state index contributed by atoms with van der Waals surface area (Å²) in [6.45, 7) is 5.87. The first-order chi connectivity index (χ1) is 7.08. The quantitative estimate of drug-likeness (QED) is 0.692. The van der Waals surface area contributed by atoms with Crippen molar-refractivity contribution in [3.8, 4) is 5.75 Å². The average molecular weight is 201 g/mol. The van der Waals surface area contributed by atoms with E-state index in [-0.39, 0.29) is 0 Å². The summed E-state index contributed by atoms with van der Waals surface area (Å²) in [6.07, 6.45) is 2.10. The van der Waals surface area contributed by atoms with Crippen LogP contribution in [0, 0.1) is 0 Å². The predicted molar refractivity (Wildman–Crippen MR) is 64.2 cm³/mol. The summed E-state index contributed by atoms with van der Waals surface area (Å²) < 4.78 is 5.65. The summed E-state index contributed by atoms with van der Waals surface area (Å²) in [7, 11) is 4.03. The summed E-state index contributed by atoms with van der Waals surface area (Å²) in [4.78, 5) is 2.05. The Bertz CT molecular complexity index is 444. The Kier molecular flexibility index (Phi) is 2.27. The monoisotopic (exact) mass is 201 g/mol. The van der Waals surface area contributed by atoms with E-state index in [1.165, 1.54) is 0 Å². The van der Waals surface area contributed by atoms with Crippen LogP contribution in [0.25, 0.3) is 6.08 Å². The van der Waals surface area contributed by atoms with Crippen molar-refractivity contribution in [2.24, 2.45) is 0 Å². The van der Waals surface area contributed by atoms with Gasteiger partial charge in [-0.25, -0.2) is 0 Å². The molecule has 15 heavy (non-hydrogen) atoms. The molecular formula is C13H15NO. The van der Waals surface area contributed by atoms with E-state index in [0.717, 1.165) is 28.3 Å². The normalized spacial score (nSPS) is 14.1. The molecule has 0 radical (unpaired) electrons. The van der Waals surface area contributed by atoms with Crippen LogP contribution < -0.4 is 9.64 Å². The second-order valence-corrected chi connectivity index (χ2v) is 3.97. The van der Waals surface area contributed by atoms with Crippen LogP contribution in [0.3, 0.4) is 0 Å². The van der Waals surface area contributed by atoms with Crippen molar-refractivity contribution in [1.29, 1.82) is 0 Å². The van der Waals surface area contributed by atoms with Gasteiger partial charge in [0, 0.05) is 31.4 Å². The van der Waals surface area contributed by atoms with Crippen LogP contribution in [0.1, 0.15) is 12.5 Å². The highest BCUT2D eigenvalue weighted by Gasteiger charge is 2.13. The van der Waals surface area contributed by atoms with E-state index in [2.05, 4.69) is 29.7 Å². The van der Waals surface area contributed by atoms with Crippen LogP contribution >= 0.6 is 0 Å². The Morgan fingerprint density at radius 2 is 2.00 bits per heavy atom. The highest BCUT2D eigenvalue weighted by molar-refractivity contribution is 5.69. The lowest BCUT2D eigenvalue weighted by atomic mass is 10.1. The zero-order valence-electron chi connectivity index (χ0n) is 9.37. The van der Waals surface area contributed by atoms with Gasteiger partial charge in [-0.05, 0) is 30.7 Å². The molecule has 1 heterocycles. The molecule has 1 aliphatic rings. The van der Waals surface area contributed by atoms with Crippen molar-refractivity contribution in [2.75, 3.05) is 19.0 Å². The molecule has 0 saturated heterocycles. The van der Waals surface area contributed by atoms with Gasteiger partial charge in [0.2, 0.25) is 0 Å². The van der Waals surface area contributed by atoms with E-state index in [0.29, 0.717) is 0 Å². The zero-order chi connectivity index (χ0) is 11.0. The summed E-state index contributed by atoms with van der Waals surface area (Å²) in [5.74, 6) is 1.62. The van der Waals surface area contributed by atoms with Gasteiger partial charge in [-0.2, -0.15) is 0 Å². The van der Waals surface area contributed by atoms with Crippen LogP contribution in [0.15, 0.2) is 36.1 Å². The van der Waals surface area contributed by atoms with Crippen LogP contribution in [0.4, 0.5) is 5.69 Å². The molecule has 1 aliphatic heterocycles. The summed E-state index contributed by atoms with van der Waals surface area (Å²) >= 11 is 0. The molecule has 1 aromatic rings. The van der Waals surface area contributed by atoms with Gasteiger partial charge in [0.1, 0.15) is 11.5 Å². The molecule has 0 aliphatic carbocycles. The van der Waals surface area contributed by atoms with E-state index < -0.39 is 0 Å². The highest BCUT2D eigenvalue weighted by atomic mass is 16.5. The smallest absolute Gasteiger partial charge is 0.136 e. The molecule has 0 spiro atoms. The second-order valence-electron chi connectivity index (χ2n) is 3.97. The molecule has 2 rings (SSSR count). The topological polar surface area (TPSA) is 12.5 Å². The number of nitrogens with zero attached hydrogens (tertiary/aromatic N) is 1. The molecule has 0 atom stereocenters. The van der Waals surface area contributed by atoms with Crippen molar-refractivity contribution in [3.63, 3.8) is 0 Å².